The second-order valence-electron chi connectivity index (χ2n) is 8.64. The Balaban J connectivity index is 1.88. The van der Waals surface area contributed by atoms with E-state index in [1.54, 1.807) is 0 Å². The quantitative estimate of drug-likeness (QED) is 0.477. The maximum Gasteiger partial charge on any atom is 0.116 e. The van der Waals surface area contributed by atoms with Crippen LogP contribution >= 0.6 is 0 Å². The molecule has 0 aliphatic heterocycles. The molecule has 1 nitrogen and oxygen atoms in total. The Bertz CT molecular complexity index is 923. The first-order valence-electron chi connectivity index (χ1n) is 11.1. The number of hydrogen-bond acceptors (Lipinski definition) is 1. The summed E-state index contributed by atoms with van der Waals surface area (Å²) in [5, 5.41) is 10.7. The van der Waals surface area contributed by atoms with Gasteiger partial charge in [0, 0.05) is 11.8 Å². The van der Waals surface area contributed by atoms with Crippen molar-refractivity contribution in [3.63, 3.8) is 0 Å². The molecule has 2 atom stereocenters. The predicted molar refractivity (Wildman–Crippen MR) is 122 cm³/mol. The highest BCUT2D eigenvalue weighted by Gasteiger charge is 2.27. The Morgan fingerprint density at radius 1 is 0.724 bits per heavy atom. The van der Waals surface area contributed by atoms with Crippen molar-refractivity contribution >= 4 is 0 Å². The first kappa shape index (κ1) is 19.8. The standard InChI is InChI=1S/C28H32O/c1-20(22-12-6-3-7-13-22)26-18-25(29)19-27(24-16-10-5-11-17-24)28(26)21(2)23-14-8-4-9-15-23/h3-4,6-9,12-15,18-21,24,29H,5,10-11,16-17H2,1-2H3. The largest absolute Gasteiger partial charge is 0.508 e. The fraction of sp³-hybridized carbons (Fsp3) is 0.357. The van der Waals surface area contributed by atoms with Gasteiger partial charge in [0.05, 0.1) is 0 Å². The third-order valence-electron chi connectivity index (χ3n) is 6.77. The molecule has 1 aliphatic carbocycles. The van der Waals surface area contributed by atoms with E-state index in [4.69, 9.17) is 0 Å². The molecule has 3 aromatic rings. The zero-order valence-corrected chi connectivity index (χ0v) is 17.6. The van der Waals surface area contributed by atoms with Crippen LogP contribution in [0.15, 0.2) is 72.8 Å². The van der Waals surface area contributed by atoms with Crippen LogP contribution in [0.25, 0.3) is 0 Å². The summed E-state index contributed by atoms with van der Waals surface area (Å²) in [6, 6.07) is 25.6. The zero-order chi connectivity index (χ0) is 20.2. The van der Waals surface area contributed by atoms with Crippen LogP contribution in [0.2, 0.25) is 0 Å². The molecular formula is C28H32O. The van der Waals surface area contributed by atoms with Crippen molar-refractivity contribution in [1.82, 2.24) is 0 Å². The smallest absolute Gasteiger partial charge is 0.116 e. The van der Waals surface area contributed by atoms with Crippen LogP contribution in [-0.2, 0) is 0 Å². The van der Waals surface area contributed by atoms with E-state index in [1.165, 1.54) is 59.9 Å². The van der Waals surface area contributed by atoms with Crippen molar-refractivity contribution in [2.45, 2.75) is 63.7 Å². The summed E-state index contributed by atoms with van der Waals surface area (Å²) in [6.45, 7) is 4.60. The number of aromatic hydroxyl groups is 1. The summed E-state index contributed by atoms with van der Waals surface area (Å²) in [7, 11) is 0. The molecule has 0 amide bonds. The Kier molecular flexibility index (Phi) is 6.04. The molecular weight excluding hydrogens is 352 g/mol. The number of phenols is 1. The molecule has 0 bridgehead atoms. The van der Waals surface area contributed by atoms with Crippen molar-refractivity contribution in [1.29, 1.82) is 0 Å². The van der Waals surface area contributed by atoms with E-state index in [2.05, 4.69) is 80.6 Å². The van der Waals surface area contributed by atoms with E-state index < -0.39 is 0 Å². The fourth-order valence-electron chi connectivity index (χ4n) is 5.12. The van der Waals surface area contributed by atoms with Gasteiger partial charge >= 0.3 is 0 Å². The van der Waals surface area contributed by atoms with Crippen molar-refractivity contribution in [2.75, 3.05) is 0 Å². The number of phenolic OH excluding ortho intramolecular Hbond substituents is 1. The highest BCUT2D eigenvalue weighted by atomic mass is 16.3. The van der Waals surface area contributed by atoms with E-state index in [9.17, 15) is 5.11 Å². The van der Waals surface area contributed by atoms with Gasteiger partial charge in [-0.2, -0.15) is 0 Å². The van der Waals surface area contributed by atoms with Gasteiger partial charge in [0.1, 0.15) is 5.75 Å². The Morgan fingerprint density at radius 3 is 1.86 bits per heavy atom. The Labute approximate surface area is 175 Å². The first-order valence-corrected chi connectivity index (χ1v) is 11.1. The van der Waals surface area contributed by atoms with E-state index >= 15 is 0 Å². The van der Waals surface area contributed by atoms with Gasteiger partial charge in [-0.15, -0.1) is 0 Å². The average Bonchev–Trinajstić information content (AvgIpc) is 2.79. The average molecular weight is 385 g/mol. The lowest BCUT2D eigenvalue weighted by Crippen LogP contribution is -2.14. The van der Waals surface area contributed by atoms with Crippen LogP contribution in [0.4, 0.5) is 0 Å². The van der Waals surface area contributed by atoms with E-state index in [0.29, 0.717) is 17.6 Å². The van der Waals surface area contributed by atoms with Crippen molar-refractivity contribution in [3.05, 3.63) is 101 Å². The maximum atomic E-state index is 10.7. The molecule has 0 heterocycles. The third kappa shape index (κ3) is 4.24. The minimum Gasteiger partial charge on any atom is -0.508 e. The molecule has 1 N–H and O–H groups in total. The summed E-state index contributed by atoms with van der Waals surface area (Å²) in [5.41, 5.74) is 6.72. The molecule has 1 saturated carbocycles. The van der Waals surface area contributed by atoms with Crippen LogP contribution in [0, 0.1) is 0 Å². The van der Waals surface area contributed by atoms with Gasteiger partial charge < -0.3 is 5.11 Å². The first-order chi connectivity index (χ1) is 14.1. The molecule has 0 radical (unpaired) electrons. The molecule has 3 aromatic carbocycles. The topological polar surface area (TPSA) is 20.2 Å². The zero-order valence-electron chi connectivity index (χ0n) is 17.6. The molecule has 1 heteroatoms. The normalized spacial score (nSPS) is 17.0. The van der Waals surface area contributed by atoms with E-state index in [-0.39, 0.29) is 5.92 Å². The van der Waals surface area contributed by atoms with Gasteiger partial charge in [-0.05, 0) is 58.7 Å². The summed E-state index contributed by atoms with van der Waals surface area (Å²) >= 11 is 0. The van der Waals surface area contributed by atoms with Crippen molar-refractivity contribution in [2.24, 2.45) is 0 Å². The molecule has 1 aliphatic rings. The summed E-state index contributed by atoms with van der Waals surface area (Å²) in [5.74, 6) is 1.51. The van der Waals surface area contributed by atoms with Crippen LogP contribution in [0.5, 0.6) is 5.75 Å². The maximum absolute atomic E-state index is 10.7. The van der Waals surface area contributed by atoms with E-state index in [1.807, 2.05) is 6.07 Å². The second kappa shape index (κ2) is 8.86. The lowest BCUT2D eigenvalue weighted by atomic mass is 9.74. The van der Waals surface area contributed by atoms with Crippen LogP contribution in [0.1, 0.15) is 91.5 Å². The number of benzene rings is 3. The highest BCUT2D eigenvalue weighted by Crippen LogP contribution is 2.44. The molecule has 0 aromatic heterocycles. The monoisotopic (exact) mass is 384 g/mol. The van der Waals surface area contributed by atoms with Crippen LogP contribution < -0.4 is 0 Å². The van der Waals surface area contributed by atoms with Crippen LogP contribution in [-0.4, -0.2) is 5.11 Å². The Hall–Kier alpha value is -2.54. The van der Waals surface area contributed by atoms with Gasteiger partial charge in [-0.1, -0.05) is 93.8 Å². The molecule has 1 fully saturated rings. The number of rotatable bonds is 5. The van der Waals surface area contributed by atoms with E-state index in [0.717, 1.165) is 0 Å². The Morgan fingerprint density at radius 2 is 1.28 bits per heavy atom. The highest BCUT2D eigenvalue weighted by molar-refractivity contribution is 5.52. The van der Waals surface area contributed by atoms with Gasteiger partial charge in [-0.3, -0.25) is 0 Å². The molecule has 4 rings (SSSR count). The molecule has 2 unspecified atom stereocenters. The van der Waals surface area contributed by atoms with Gasteiger partial charge in [0.15, 0.2) is 0 Å². The molecule has 29 heavy (non-hydrogen) atoms. The lowest BCUT2D eigenvalue weighted by Gasteiger charge is -2.30. The third-order valence-corrected chi connectivity index (χ3v) is 6.77. The van der Waals surface area contributed by atoms with Crippen LogP contribution in [0.3, 0.4) is 0 Å². The minimum atomic E-state index is 0.242. The molecule has 150 valence electrons. The number of hydrogen-bond donors (Lipinski definition) is 1. The van der Waals surface area contributed by atoms with Crippen molar-refractivity contribution < 1.29 is 5.11 Å². The summed E-state index contributed by atoms with van der Waals surface area (Å²) in [6.07, 6.45) is 6.40. The second-order valence-corrected chi connectivity index (χ2v) is 8.64. The minimum absolute atomic E-state index is 0.242. The summed E-state index contributed by atoms with van der Waals surface area (Å²) < 4.78 is 0. The van der Waals surface area contributed by atoms with Gasteiger partial charge in [0.25, 0.3) is 0 Å². The SMILES string of the molecule is CC(c1ccccc1)c1cc(O)cc(C2CCCCC2)c1C(C)c1ccccc1. The predicted octanol–water partition coefficient (Wildman–Crippen LogP) is 7.74. The summed E-state index contributed by atoms with van der Waals surface area (Å²) in [4.78, 5) is 0. The van der Waals surface area contributed by atoms with Gasteiger partial charge in [-0.25, -0.2) is 0 Å². The molecule has 0 spiro atoms. The fourth-order valence-corrected chi connectivity index (χ4v) is 5.12. The van der Waals surface area contributed by atoms with Crippen molar-refractivity contribution in [3.8, 4) is 5.75 Å². The lowest BCUT2D eigenvalue weighted by molar-refractivity contribution is 0.434. The van der Waals surface area contributed by atoms with Gasteiger partial charge in [0.2, 0.25) is 0 Å². The molecule has 0 saturated heterocycles.